The van der Waals surface area contributed by atoms with Gasteiger partial charge >= 0.3 is 0 Å². The predicted molar refractivity (Wildman–Crippen MR) is 118 cm³/mol. The van der Waals surface area contributed by atoms with Gasteiger partial charge in [-0.25, -0.2) is 0 Å². The molecule has 1 unspecified atom stereocenters. The Labute approximate surface area is 181 Å². The summed E-state index contributed by atoms with van der Waals surface area (Å²) in [6.07, 6.45) is 4.73. The number of ether oxygens (including phenoxy) is 3. The van der Waals surface area contributed by atoms with Crippen LogP contribution >= 0.6 is 24.0 Å². The first-order valence-corrected chi connectivity index (χ1v) is 10.3. The highest BCUT2D eigenvalue weighted by atomic mass is 127. The summed E-state index contributed by atoms with van der Waals surface area (Å²) in [5, 5.41) is 3.51. The number of hydrogen-bond acceptors (Lipinski definition) is 5. The van der Waals surface area contributed by atoms with Crippen LogP contribution in [-0.2, 0) is 14.2 Å². The van der Waals surface area contributed by atoms with Crippen molar-refractivity contribution in [3.63, 3.8) is 0 Å². The van der Waals surface area contributed by atoms with Gasteiger partial charge in [-0.2, -0.15) is 0 Å². The molecule has 0 aromatic carbocycles. The summed E-state index contributed by atoms with van der Waals surface area (Å²) in [6.45, 7) is 10.7. The van der Waals surface area contributed by atoms with Crippen LogP contribution in [0.25, 0.3) is 0 Å². The van der Waals surface area contributed by atoms with Crippen molar-refractivity contribution in [3.8, 4) is 0 Å². The molecule has 0 aromatic heterocycles. The van der Waals surface area contributed by atoms with Crippen molar-refractivity contribution < 1.29 is 14.2 Å². The number of hydrogen-bond donors (Lipinski definition) is 1. The van der Waals surface area contributed by atoms with Gasteiger partial charge in [-0.15, -0.1) is 24.0 Å². The van der Waals surface area contributed by atoms with E-state index in [4.69, 9.17) is 14.2 Å². The Hall–Kier alpha value is -0.160. The molecule has 1 atom stereocenters. The fourth-order valence-electron chi connectivity index (χ4n) is 4.02. The van der Waals surface area contributed by atoms with Crippen LogP contribution < -0.4 is 5.32 Å². The monoisotopic (exact) mass is 496 g/mol. The first kappa shape index (κ1) is 23.1. The molecule has 3 heterocycles. The molecule has 3 rings (SSSR count). The van der Waals surface area contributed by atoms with Crippen LogP contribution in [0.5, 0.6) is 0 Å². The van der Waals surface area contributed by atoms with E-state index in [1.165, 1.54) is 13.0 Å². The number of rotatable bonds is 7. The summed E-state index contributed by atoms with van der Waals surface area (Å²) in [5.41, 5.74) is 0. The quantitative estimate of drug-likeness (QED) is 0.249. The zero-order valence-corrected chi connectivity index (χ0v) is 19.1. The molecular weight excluding hydrogens is 459 g/mol. The van der Waals surface area contributed by atoms with Gasteiger partial charge in [-0.05, 0) is 31.6 Å². The zero-order valence-electron chi connectivity index (χ0n) is 16.7. The molecule has 158 valence electrons. The fraction of sp³-hybridized carbons (Fsp3) is 0.947. The molecular formula is C19H37IN4O3. The minimum atomic E-state index is 0. The lowest BCUT2D eigenvalue weighted by atomic mass is 10.1. The molecule has 0 amide bonds. The average molecular weight is 496 g/mol. The van der Waals surface area contributed by atoms with Gasteiger partial charge in [-0.3, -0.25) is 9.89 Å². The molecule has 0 bridgehead atoms. The Morgan fingerprint density at radius 1 is 1.07 bits per heavy atom. The summed E-state index contributed by atoms with van der Waals surface area (Å²) >= 11 is 0. The van der Waals surface area contributed by atoms with E-state index in [1.54, 1.807) is 0 Å². The number of likely N-dealkylation sites (tertiary alicyclic amines) is 1. The van der Waals surface area contributed by atoms with Crippen molar-refractivity contribution in [1.29, 1.82) is 0 Å². The lowest BCUT2D eigenvalue weighted by Gasteiger charge is -2.29. The smallest absolute Gasteiger partial charge is 0.193 e. The van der Waals surface area contributed by atoms with Crippen LogP contribution in [0.3, 0.4) is 0 Å². The van der Waals surface area contributed by atoms with E-state index in [0.29, 0.717) is 6.10 Å². The molecule has 3 saturated heterocycles. The molecule has 3 aliphatic rings. The van der Waals surface area contributed by atoms with Crippen LogP contribution in [-0.4, -0.2) is 101 Å². The largest absolute Gasteiger partial charge is 0.381 e. The summed E-state index contributed by atoms with van der Waals surface area (Å²) in [5.74, 6) is 1.78. The summed E-state index contributed by atoms with van der Waals surface area (Å²) < 4.78 is 16.7. The second-order valence-corrected chi connectivity index (χ2v) is 7.52. The Morgan fingerprint density at radius 2 is 1.81 bits per heavy atom. The normalized spacial score (nSPS) is 25.4. The standard InChI is InChI=1S/C19H36N4O3.HI/c1-20-19(21-6-2-10-26-18-4-11-24-12-5-18)23-7-3-17(16-23)15-22-8-13-25-14-9-22;/h17-18H,2-16H2,1H3,(H,20,21);1H. The number of nitrogens with one attached hydrogen (secondary N) is 1. The van der Waals surface area contributed by atoms with E-state index >= 15 is 0 Å². The van der Waals surface area contributed by atoms with Gasteiger partial charge in [0.2, 0.25) is 0 Å². The first-order valence-electron chi connectivity index (χ1n) is 10.3. The van der Waals surface area contributed by atoms with Crippen molar-refractivity contribution in [1.82, 2.24) is 15.1 Å². The highest BCUT2D eigenvalue weighted by Crippen LogP contribution is 2.18. The van der Waals surface area contributed by atoms with E-state index in [0.717, 1.165) is 96.9 Å². The fourth-order valence-corrected chi connectivity index (χ4v) is 4.02. The van der Waals surface area contributed by atoms with Gasteiger partial charge in [0.05, 0.1) is 19.3 Å². The van der Waals surface area contributed by atoms with Crippen molar-refractivity contribution in [2.75, 3.05) is 79.4 Å². The molecule has 0 saturated carbocycles. The molecule has 3 fully saturated rings. The summed E-state index contributed by atoms with van der Waals surface area (Å²) in [7, 11) is 1.89. The third kappa shape index (κ3) is 8.00. The maximum atomic E-state index is 5.94. The van der Waals surface area contributed by atoms with Gasteiger partial charge in [-0.1, -0.05) is 0 Å². The van der Waals surface area contributed by atoms with E-state index in [9.17, 15) is 0 Å². The Kier molecular flexibility index (Phi) is 11.2. The Balaban J connectivity index is 0.00000261. The molecule has 8 heteroatoms. The van der Waals surface area contributed by atoms with Gasteiger partial charge in [0.1, 0.15) is 0 Å². The van der Waals surface area contributed by atoms with Crippen molar-refractivity contribution in [2.24, 2.45) is 10.9 Å². The zero-order chi connectivity index (χ0) is 18.0. The Morgan fingerprint density at radius 3 is 2.56 bits per heavy atom. The third-order valence-electron chi connectivity index (χ3n) is 5.54. The van der Waals surface area contributed by atoms with Crippen molar-refractivity contribution >= 4 is 29.9 Å². The lowest BCUT2D eigenvalue weighted by molar-refractivity contribution is -0.0320. The first-order chi connectivity index (χ1) is 12.8. The highest BCUT2D eigenvalue weighted by molar-refractivity contribution is 14.0. The number of aliphatic imine (C=N–C) groups is 1. The van der Waals surface area contributed by atoms with Crippen LogP contribution in [0.2, 0.25) is 0 Å². The minimum Gasteiger partial charge on any atom is -0.381 e. The molecule has 1 N–H and O–H groups in total. The van der Waals surface area contributed by atoms with Crippen LogP contribution in [0.4, 0.5) is 0 Å². The minimum absolute atomic E-state index is 0. The summed E-state index contributed by atoms with van der Waals surface area (Å²) in [4.78, 5) is 9.43. The maximum Gasteiger partial charge on any atom is 0.193 e. The summed E-state index contributed by atoms with van der Waals surface area (Å²) in [6, 6.07) is 0. The average Bonchev–Trinajstić information content (AvgIpc) is 3.14. The van der Waals surface area contributed by atoms with Gasteiger partial charge in [0.25, 0.3) is 0 Å². The van der Waals surface area contributed by atoms with E-state index in [1.807, 2.05) is 7.05 Å². The van der Waals surface area contributed by atoms with Gasteiger partial charge in [0, 0.05) is 66.1 Å². The second kappa shape index (κ2) is 13.1. The SMILES string of the molecule is CN=C(NCCCOC1CCOCC1)N1CCC(CN2CCOCC2)C1.I. The van der Waals surface area contributed by atoms with Crippen LogP contribution in [0.15, 0.2) is 4.99 Å². The van der Waals surface area contributed by atoms with Gasteiger partial charge in [0.15, 0.2) is 5.96 Å². The number of guanidine groups is 1. The molecule has 27 heavy (non-hydrogen) atoms. The van der Waals surface area contributed by atoms with Crippen LogP contribution in [0, 0.1) is 5.92 Å². The highest BCUT2D eigenvalue weighted by Gasteiger charge is 2.27. The van der Waals surface area contributed by atoms with Gasteiger partial charge < -0.3 is 24.4 Å². The van der Waals surface area contributed by atoms with E-state index < -0.39 is 0 Å². The Bertz CT molecular complexity index is 429. The second-order valence-electron chi connectivity index (χ2n) is 7.52. The molecule has 3 aliphatic heterocycles. The molecule has 0 spiro atoms. The van der Waals surface area contributed by atoms with E-state index in [-0.39, 0.29) is 24.0 Å². The van der Waals surface area contributed by atoms with Crippen molar-refractivity contribution in [2.45, 2.75) is 31.8 Å². The van der Waals surface area contributed by atoms with Crippen LogP contribution in [0.1, 0.15) is 25.7 Å². The molecule has 0 aliphatic carbocycles. The van der Waals surface area contributed by atoms with E-state index in [2.05, 4.69) is 20.1 Å². The number of halogens is 1. The third-order valence-corrected chi connectivity index (χ3v) is 5.54. The topological polar surface area (TPSA) is 58.6 Å². The number of nitrogens with zero attached hydrogens (tertiary/aromatic N) is 3. The lowest BCUT2D eigenvalue weighted by Crippen LogP contribution is -2.42. The maximum absolute atomic E-state index is 5.94. The van der Waals surface area contributed by atoms with Crippen molar-refractivity contribution in [3.05, 3.63) is 0 Å². The molecule has 0 radical (unpaired) electrons. The molecule has 0 aromatic rings. The molecule has 7 nitrogen and oxygen atoms in total. The number of morpholine rings is 1. The predicted octanol–water partition coefficient (Wildman–Crippen LogP) is 1.42.